The largest absolute Gasteiger partial charge is 0.493 e. The number of amides is 1. The fourth-order valence-electron chi connectivity index (χ4n) is 2.15. The number of halogens is 1. The number of nitrogens with zero attached hydrogens (tertiary/aromatic N) is 1. The van der Waals surface area contributed by atoms with Crippen LogP contribution in [0.25, 0.3) is 0 Å². The topological polar surface area (TPSA) is 59.9 Å². The van der Waals surface area contributed by atoms with Crippen LogP contribution in [0.15, 0.2) is 47.6 Å². The summed E-state index contributed by atoms with van der Waals surface area (Å²) in [5, 5.41) is 4.17. The molecule has 5 nitrogen and oxygen atoms in total. The monoisotopic (exact) mass is 330 g/mol. The molecule has 2 aromatic carbocycles. The Labute approximate surface area is 140 Å². The first kappa shape index (κ1) is 17.5. The zero-order chi connectivity index (χ0) is 17.5. The zero-order valence-corrected chi connectivity index (χ0v) is 13.8. The molecule has 1 N–H and O–H groups in total. The third-order valence-corrected chi connectivity index (χ3v) is 3.45. The van der Waals surface area contributed by atoms with Crippen molar-refractivity contribution in [1.29, 1.82) is 0 Å². The minimum Gasteiger partial charge on any atom is -0.493 e. The summed E-state index contributed by atoms with van der Waals surface area (Å²) in [5.74, 6) is 0.407. The summed E-state index contributed by atoms with van der Waals surface area (Å²) >= 11 is 0. The number of hydrogen-bond acceptors (Lipinski definition) is 4. The minimum atomic E-state index is -0.401. The summed E-state index contributed by atoms with van der Waals surface area (Å²) in [6, 6.07) is 10.7. The van der Waals surface area contributed by atoms with Gasteiger partial charge in [0.05, 0.1) is 19.9 Å². The van der Waals surface area contributed by atoms with Crippen LogP contribution in [0, 0.1) is 5.82 Å². The standard InChI is InChI=1S/C18H19FN2O3/c1-4-15(13-7-10-16(23-2)17(11-13)24-3)20-21-18(22)12-5-8-14(19)9-6-12/h5-11H,4H2,1-3H3,(H,21,22)/b20-15-. The van der Waals surface area contributed by atoms with Crippen molar-refractivity contribution in [2.24, 2.45) is 5.10 Å². The lowest BCUT2D eigenvalue weighted by molar-refractivity contribution is 0.0954. The molecule has 0 bridgehead atoms. The van der Waals surface area contributed by atoms with E-state index in [0.717, 1.165) is 5.56 Å². The lowest BCUT2D eigenvalue weighted by Crippen LogP contribution is -2.20. The predicted molar refractivity (Wildman–Crippen MR) is 90.2 cm³/mol. The van der Waals surface area contributed by atoms with Gasteiger partial charge >= 0.3 is 0 Å². The molecule has 1 amide bonds. The molecule has 0 radical (unpaired) electrons. The Morgan fingerprint density at radius 3 is 2.25 bits per heavy atom. The predicted octanol–water partition coefficient (Wildman–Crippen LogP) is 3.39. The van der Waals surface area contributed by atoms with E-state index in [4.69, 9.17) is 9.47 Å². The molecule has 2 rings (SSSR count). The van der Waals surface area contributed by atoms with Crippen LogP contribution in [0.3, 0.4) is 0 Å². The summed E-state index contributed by atoms with van der Waals surface area (Å²) in [4.78, 5) is 12.0. The molecule has 24 heavy (non-hydrogen) atoms. The molecule has 0 aliphatic carbocycles. The van der Waals surface area contributed by atoms with Crippen molar-refractivity contribution in [2.45, 2.75) is 13.3 Å². The van der Waals surface area contributed by atoms with E-state index in [1.54, 1.807) is 26.4 Å². The number of ether oxygens (including phenoxy) is 2. The number of hydrogen-bond donors (Lipinski definition) is 1. The SMILES string of the molecule is CC/C(=N/NC(=O)c1ccc(F)cc1)c1ccc(OC)c(OC)c1. The highest BCUT2D eigenvalue weighted by molar-refractivity contribution is 6.02. The second-order valence-corrected chi connectivity index (χ2v) is 4.93. The van der Waals surface area contributed by atoms with Crippen molar-refractivity contribution in [3.05, 3.63) is 59.4 Å². The van der Waals surface area contributed by atoms with Gasteiger partial charge in [-0.05, 0) is 48.9 Å². The molecule has 0 aromatic heterocycles. The maximum atomic E-state index is 12.9. The smallest absolute Gasteiger partial charge is 0.271 e. The van der Waals surface area contributed by atoms with Gasteiger partial charge in [0.15, 0.2) is 11.5 Å². The molecule has 2 aromatic rings. The van der Waals surface area contributed by atoms with E-state index < -0.39 is 11.7 Å². The highest BCUT2D eigenvalue weighted by Gasteiger charge is 2.10. The van der Waals surface area contributed by atoms with Crippen LogP contribution >= 0.6 is 0 Å². The Balaban J connectivity index is 2.19. The summed E-state index contributed by atoms with van der Waals surface area (Å²) < 4.78 is 23.4. The number of carbonyl (C=O) groups excluding carboxylic acids is 1. The van der Waals surface area contributed by atoms with E-state index in [0.29, 0.717) is 29.2 Å². The fourth-order valence-corrected chi connectivity index (χ4v) is 2.15. The van der Waals surface area contributed by atoms with Gasteiger partial charge in [0, 0.05) is 11.1 Å². The van der Waals surface area contributed by atoms with Crippen LogP contribution in [0.2, 0.25) is 0 Å². The average molecular weight is 330 g/mol. The van der Waals surface area contributed by atoms with Gasteiger partial charge in [0.25, 0.3) is 5.91 Å². The van der Waals surface area contributed by atoms with Crippen molar-refractivity contribution in [1.82, 2.24) is 5.43 Å². The molecule has 0 fully saturated rings. The molecule has 6 heteroatoms. The number of carbonyl (C=O) groups is 1. The Morgan fingerprint density at radius 2 is 1.67 bits per heavy atom. The van der Waals surface area contributed by atoms with Crippen LogP contribution < -0.4 is 14.9 Å². The lowest BCUT2D eigenvalue weighted by Gasteiger charge is -2.10. The molecule has 0 aliphatic heterocycles. The van der Waals surface area contributed by atoms with E-state index in [1.165, 1.54) is 24.3 Å². The Morgan fingerprint density at radius 1 is 1.04 bits per heavy atom. The highest BCUT2D eigenvalue weighted by Crippen LogP contribution is 2.28. The molecule has 0 spiro atoms. The van der Waals surface area contributed by atoms with Crippen LogP contribution in [0.1, 0.15) is 29.3 Å². The molecular formula is C18H19FN2O3. The van der Waals surface area contributed by atoms with Crippen molar-refractivity contribution in [2.75, 3.05) is 14.2 Å². The van der Waals surface area contributed by atoms with E-state index in [2.05, 4.69) is 10.5 Å². The van der Waals surface area contributed by atoms with Crippen LogP contribution in [-0.4, -0.2) is 25.8 Å². The van der Waals surface area contributed by atoms with Crippen LogP contribution in [0.5, 0.6) is 11.5 Å². The first-order valence-corrected chi connectivity index (χ1v) is 7.44. The van der Waals surface area contributed by atoms with Gasteiger partial charge in [0.1, 0.15) is 5.82 Å². The molecule has 126 valence electrons. The first-order chi connectivity index (χ1) is 11.6. The Hall–Kier alpha value is -2.89. The van der Waals surface area contributed by atoms with Gasteiger partial charge < -0.3 is 9.47 Å². The Bertz CT molecular complexity index is 742. The summed E-state index contributed by atoms with van der Waals surface area (Å²) in [6.45, 7) is 1.93. The van der Waals surface area contributed by atoms with Gasteiger partial charge in [-0.15, -0.1) is 0 Å². The normalized spacial score (nSPS) is 11.1. The second-order valence-electron chi connectivity index (χ2n) is 4.93. The quantitative estimate of drug-likeness (QED) is 0.652. The summed E-state index contributed by atoms with van der Waals surface area (Å²) in [5.41, 5.74) is 4.33. The van der Waals surface area contributed by atoms with Crippen molar-refractivity contribution in [3.8, 4) is 11.5 Å². The minimum absolute atomic E-state index is 0.336. The van der Waals surface area contributed by atoms with Crippen molar-refractivity contribution >= 4 is 11.6 Å². The van der Waals surface area contributed by atoms with Gasteiger partial charge in [-0.2, -0.15) is 5.10 Å². The number of benzene rings is 2. The summed E-state index contributed by atoms with van der Waals surface area (Å²) in [6.07, 6.45) is 0.610. The second kappa shape index (κ2) is 8.10. The third kappa shape index (κ3) is 4.10. The maximum Gasteiger partial charge on any atom is 0.271 e. The van der Waals surface area contributed by atoms with Gasteiger partial charge in [-0.3, -0.25) is 4.79 Å². The molecule has 0 unspecified atom stereocenters. The van der Waals surface area contributed by atoms with Crippen LogP contribution in [0.4, 0.5) is 4.39 Å². The highest BCUT2D eigenvalue weighted by atomic mass is 19.1. The van der Waals surface area contributed by atoms with E-state index >= 15 is 0 Å². The zero-order valence-electron chi connectivity index (χ0n) is 13.8. The van der Waals surface area contributed by atoms with E-state index in [-0.39, 0.29) is 0 Å². The third-order valence-electron chi connectivity index (χ3n) is 3.45. The fraction of sp³-hybridized carbons (Fsp3) is 0.222. The molecule has 0 saturated heterocycles. The molecule has 0 aliphatic rings. The maximum absolute atomic E-state index is 12.9. The molecule has 0 heterocycles. The summed E-state index contributed by atoms with van der Waals surface area (Å²) in [7, 11) is 3.12. The van der Waals surface area contributed by atoms with Crippen LogP contribution in [-0.2, 0) is 0 Å². The van der Waals surface area contributed by atoms with Crippen molar-refractivity contribution < 1.29 is 18.7 Å². The molecule has 0 atom stereocenters. The number of methoxy groups -OCH3 is 2. The first-order valence-electron chi connectivity index (χ1n) is 7.44. The lowest BCUT2D eigenvalue weighted by atomic mass is 10.1. The number of hydrazone groups is 1. The van der Waals surface area contributed by atoms with E-state index in [1.807, 2.05) is 13.0 Å². The number of nitrogens with one attached hydrogen (secondary N) is 1. The molecule has 0 saturated carbocycles. The Kier molecular flexibility index (Phi) is 5.89. The van der Waals surface area contributed by atoms with Crippen molar-refractivity contribution in [3.63, 3.8) is 0 Å². The number of rotatable bonds is 6. The van der Waals surface area contributed by atoms with Gasteiger partial charge in [-0.25, -0.2) is 9.82 Å². The van der Waals surface area contributed by atoms with Gasteiger partial charge in [0.2, 0.25) is 0 Å². The van der Waals surface area contributed by atoms with E-state index in [9.17, 15) is 9.18 Å². The molecular weight excluding hydrogens is 311 g/mol. The van der Waals surface area contributed by atoms with Gasteiger partial charge in [-0.1, -0.05) is 6.92 Å². The average Bonchev–Trinajstić information content (AvgIpc) is 2.62.